The minimum absolute atomic E-state index is 0.330. The fraction of sp³-hybridized carbons (Fsp3) is 0.211. The Hall–Kier alpha value is -3.22. The van der Waals surface area contributed by atoms with Gasteiger partial charge in [0.05, 0.1) is 11.9 Å². The number of benzene rings is 2. The van der Waals surface area contributed by atoms with Gasteiger partial charge in [0.25, 0.3) is 0 Å². The van der Waals surface area contributed by atoms with Crippen LogP contribution in [0.1, 0.15) is 0 Å². The molecule has 1 aliphatic rings. The van der Waals surface area contributed by atoms with Crippen LogP contribution in [-0.4, -0.2) is 41.4 Å². The lowest BCUT2D eigenvalue weighted by Gasteiger charge is -2.35. The van der Waals surface area contributed by atoms with E-state index in [1.807, 2.05) is 18.2 Å². The van der Waals surface area contributed by atoms with Crippen LogP contribution in [-0.2, 0) is 0 Å². The normalized spacial score (nSPS) is 14.3. The number of para-hydroxylation sites is 2. The third kappa shape index (κ3) is 3.56. The Bertz CT molecular complexity index is 865. The molecule has 1 saturated heterocycles. The number of aromatic nitrogens is 3. The Morgan fingerprint density at radius 3 is 2.31 bits per heavy atom. The SMILES string of the molecule is Fc1ccccc1Nc1cnnc(N2CCN(c3ccccc3)CC2)n1. The summed E-state index contributed by atoms with van der Waals surface area (Å²) in [5.41, 5.74) is 1.59. The fourth-order valence-corrected chi connectivity index (χ4v) is 2.99. The van der Waals surface area contributed by atoms with Crippen molar-refractivity contribution in [2.45, 2.75) is 0 Å². The van der Waals surface area contributed by atoms with Gasteiger partial charge in [0, 0.05) is 31.9 Å². The first-order chi connectivity index (χ1) is 12.8. The number of rotatable bonds is 4. The van der Waals surface area contributed by atoms with Crippen LogP contribution in [0, 0.1) is 5.82 Å². The maximum Gasteiger partial charge on any atom is 0.247 e. The summed E-state index contributed by atoms with van der Waals surface area (Å²) in [6.45, 7) is 3.39. The van der Waals surface area contributed by atoms with Crippen LogP contribution in [0.3, 0.4) is 0 Å². The molecule has 132 valence electrons. The van der Waals surface area contributed by atoms with Crippen LogP contribution in [0.2, 0.25) is 0 Å². The van der Waals surface area contributed by atoms with E-state index in [0.29, 0.717) is 17.5 Å². The van der Waals surface area contributed by atoms with Gasteiger partial charge in [0.15, 0.2) is 5.82 Å². The zero-order chi connectivity index (χ0) is 17.8. The predicted molar refractivity (Wildman–Crippen MR) is 100 cm³/mol. The molecule has 0 bridgehead atoms. The van der Waals surface area contributed by atoms with Crippen LogP contribution in [0.4, 0.5) is 27.5 Å². The van der Waals surface area contributed by atoms with Gasteiger partial charge in [-0.25, -0.2) is 4.39 Å². The van der Waals surface area contributed by atoms with Crippen molar-refractivity contribution in [3.63, 3.8) is 0 Å². The second kappa shape index (κ2) is 7.35. The molecule has 1 N–H and O–H groups in total. The molecule has 1 aromatic heterocycles. The Labute approximate surface area is 151 Å². The largest absolute Gasteiger partial charge is 0.368 e. The van der Waals surface area contributed by atoms with Gasteiger partial charge in [-0.2, -0.15) is 10.1 Å². The summed E-state index contributed by atoms with van der Waals surface area (Å²) in [5, 5.41) is 11.1. The van der Waals surface area contributed by atoms with Crippen molar-refractivity contribution in [1.82, 2.24) is 15.2 Å². The smallest absolute Gasteiger partial charge is 0.247 e. The molecule has 0 amide bonds. The van der Waals surface area contributed by atoms with E-state index < -0.39 is 0 Å². The molecular weight excluding hydrogens is 331 g/mol. The number of hydrogen-bond acceptors (Lipinski definition) is 6. The average molecular weight is 350 g/mol. The lowest BCUT2D eigenvalue weighted by molar-refractivity contribution is 0.630. The quantitative estimate of drug-likeness (QED) is 0.780. The number of halogens is 1. The molecule has 7 heteroatoms. The Morgan fingerprint density at radius 2 is 1.54 bits per heavy atom. The molecule has 26 heavy (non-hydrogen) atoms. The molecule has 4 rings (SSSR count). The lowest BCUT2D eigenvalue weighted by atomic mass is 10.2. The minimum atomic E-state index is -0.330. The lowest BCUT2D eigenvalue weighted by Crippen LogP contribution is -2.47. The van der Waals surface area contributed by atoms with Crippen LogP contribution in [0.15, 0.2) is 60.8 Å². The topological polar surface area (TPSA) is 57.2 Å². The van der Waals surface area contributed by atoms with E-state index in [-0.39, 0.29) is 5.82 Å². The molecule has 2 aromatic carbocycles. The molecule has 6 nitrogen and oxygen atoms in total. The molecule has 3 aromatic rings. The van der Waals surface area contributed by atoms with Gasteiger partial charge in [-0.05, 0) is 24.3 Å². The van der Waals surface area contributed by atoms with Gasteiger partial charge in [0.2, 0.25) is 5.95 Å². The molecular formula is C19H19FN6. The average Bonchev–Trinajstić information content (AvgIpc) is 2.71. The highest BCUT2D eigenvalue weighted by Crippen LogP contribution is 2.20. The third-order valence-electron chi connectivity index (χ3n) is 4.37. The number of nitrogens with one attached hydrogen (secondary N) is 1. The van der Waals surface area contributed by atoms with Gasteiger partial charge in [-0.1, -0.05) is 30.3 Å². The second-order valence-electron chi connectivity index (χ2n) is 6.06. The molecule has 0 atom stereocenters. The zero-order valence-electron chi connectivity index (χ0n) is 14.2. The number of nitrogens with zero attached hydrogens (tertiary/aromatic N) is 5. The second-order valence-corrected chi connectivity index (χ2v) is 6.06. The van der Waals surface area contributed by atoms with Crippen LogP contribution in [0.25, 0.3) is 0 Å². The van der Waals surface area contributed by atoms with Gasteiger partial charge in [0.1, 0.15) is 5.82 Å². The molecule has 0 aliphatic carbocycles. The van der Waals surface area contributed by atoms with Crippen molar-refractivity contribution in [2.75, 3.05) is 41.3 Å². The summed E-state index contributed by atoms with van der Waals surface area (Å²) in [6.07, 6.45) is 1.50. The first kappa shape index (κ1) is 16.3. The molecule has 0 radical (unpaired) electrons. The van der Waals surface area contributed by atoms with Crippen LogP contribution in [0.5, 0.6) is 0 Å². The monoisotopic (exact) mass is 350 g/mol. The molecule has 0 saturated carbocycles. The summed E-state index contributed by atoms with van der Waals surface area (Å²) in [5.74, 6) is 0.703. The summed E-state index contributed by atoms with van der Waals surface area (Å²) in [4.78, 5) is 8.92. The third-order valence-corrected chi connectivity index (χ3v) is 4.37. The standard InChI is InChI=1S/C19H19FN6/c20-16-8-4-5-9-17(16)22-18-14-21-24-19(23-18)26-12-10-25(11-13-26)15-6-2-1-3-7-15/h1-9,14H,10-13H2,(H,22,23,24). The van der Waals surface area contributed by atoms with Gasteiger partial charge in [-0.15, -0.1) is 5.10 Å². The summed E-state index contributed by atoms with van der Waals surface area (Å²) >= 11 is 0. The Kier molecular flexibility index (Phi) is 4.59. The number of hydrogen-bond donors (Lipinski definition) is 1. The van der Waals surface area contributed by atoms with E-state index in [1.54, 1.807) is 18.2 Å². The number of anilines is 4. The Morgan fingerprint density at radius 1 is 0.846 bits per heavy atom. The van der Waals surface area contributed by atoms with E-state index in [9.17, 15) is 4.39 Å². The highest BCUT2D eigenvalue weighted by atomic mass is 19.1. The van der Waals surface area contributed by atoms with Crippen LogP contribution >= 0.6 is 0 Å². The van der Waals surface area contributed by atoms with Crippen molar-refractivity contribution < 1.29 is 4.39 Å². The van der Waals surface area contributed by atoms with Crippen molar-refractivity contribution in [1.29, 1.82) is 0 Å². The molecule has 0 unspecified atom stereocenters. The van der Waals surface area contributed by atoms with Crippen molar-refractivity contribution in [3.8, 4) is 0 Å². The minimum Gasteiger partial charge on any atom is -0.368 e. The van der Waals surface area contributed by atoms with Crippen molar-refractivity contribution >= 4 is 23.1 Å². The zero-order valence-corrected chi connectivity index (χ0v) is 14.2. The fourth-order valence-electron chi connectivity index (χ4n) is 2.99. The van der Waals surface area contributed by atoms with E-state index in [0.717, 1.165) is 26.2 Å². The molecule has 1 fully saturated rings. The van der Waals surface area contributed by atoms with Gasteiger partial charge >= 0.3 is 0 Å². The van der Waals surface area contributed by atoms with Gasteiger partial charge in [-0.3, -0.25) is 0 Å². The maximum atomic E-state index is 13.8. The van der Waals surface area contributed by atoms with E-state index in [2.05, 4.69) is 42.4 Å². The van der Waals surface area contributed by atoms with Crippen molar-refractivity contribution in [3.05, 3.63) is 66.6 Å². The molecule has 1 aliphatic heterocycles. The highest BCUT2D eigenvalue weighted by Gasteiger charge is 2.20. The molecule has 0 spiro atoms. The Balaban J connectivity index is 1.44. The maximum absolute atomic E-state index is 13.8. The first-order valence-corrected chi connectivity index (χ1v) is 8.56. The summed E-state index contributed by atoms with van der Waals surface area (Å²) in [7, 11) is 0. The first-order valence-electron chi connectivity index (χ1n) is 8.56. The van der Waals surface area contributed by atoms with Crippen LogP contribution < -0.4 is 15.1 Å². The predicted octanol–water partition coefficient (Wildman–Crippen LogP) is 3.08. The van der Waals surface area contributed by atoms with Gasteiger partial charge < -0.3 is 15.1 Å². The summed E-state index contributed by atoms with van der Waals surface area (Å²) in [6, 6.07) is 16.8. The van der Waals surface area contributed by atoms with E-state index >= 15 is 0 Å². The van der Waals surface area contributed by atoms with E-state index in [1.165, 1.54) is 18.0 Å². The highest BCUT2D eigenvalue weighted by molar-refractivity contribution is 5.57. The molecule has 2 heterocycles. The summed E-state index contributed by atoms with van der Waals surface area (Å²) < 4.78 is 13.8. The van der Waals surface area contributed by atoms with E-state index in [4.69, 9.17) is 0 Å². The van der Waals surface area contributed by atoms with Crippen molar-refractivity contribution in [2.24, 2.45) is 0 Å². The number of piperazine rings is 1.